The van der Waals surface area contributed by atoms with Crippen molar-refractivity contribution in [3.05, 3.63) is 59.2 Å². The second-order valence-corrected chi connectivity index (χ2v) is 3.77. The molecule has 2 aromatic rings. The summed E-state index contributed by atoms with van der Waals surface area (Å²) in [7, 11) is 0. The van der Waals surface area contributed by atoms with Gasteiger partial charge in [0.1, 0.15) is 29.2 Å². The van der Waals surface area contributed by atoms with Gasteiger partial charge in [-0.25, -0.2) is 8.78 Å². The van der Waals surface area contributed by atoms with Gasteiger partial charge in [-0.1, -0.05) is 0 Å². The van der Waals surface area contributed by atoms with Crippen LogP contribution in [0.5, 0.6) is 11.5 Å². The quantitative estimate of drug-likeness (QED) is 0.923. The van der Waals surface area contributed by atoms with Gasteiger partial charge in [0.15, 0.2) is 0 Å². The van der Waals surface area contributed by atoms with Crippen molar-refractivity contribution < 1.29 is 18.6 Å². The van der Waals surface area contributed by atoms with Crippen LogP contribution in [-0.2, 0) is 6.61 Å². The molecule has 0 spiro atoms. The molecule has 0 aliphatic heterocycles. The summed E-state index contributed by atoms with van der Waals surface area (Å²) < 4.78 is 31.7. The summed E-state index contributed by atoms with van der Waals surface area (Å²) in [5.41, 5.74) is 0.165. The Labute approximate surface area is 108 Å². The summed E-state index contributed by atoms with van der Waals surface area (Å²) in [6.45, 7) is -0.397. The molecule has 0 aliphatic rings. The standard InChI is InChI=1S/C14H9F2NO2/c15-11-2-4-14(10(5-11)8-18)19-12-3-1-9(7-17)13(16)6-12/h1-6,18H,8H2. The van der Waals surface area contributed by atoms with Crippen LogP contribution >= 0.6 is 0 Å². The van der Waals surface area contributed by atoms with Gasteiger partial charge in [-0.05, 0) is 30.3 Å². The molecule has 0 saturated carbocycles. The minimum Gasteiger partial charge on any atom is -0.457 e. The van der Waals surface area contributed by atoms with E-state index < -0.39 is 18.2 Å². The molecule has 0 aliphatic carbocycles. The molecule has 2 aromatic carbocycles. The molecule has 0 unspecified atom stereocenters. The van der Waals surface area contributed by atoms with E-state index >= 15 is 0 Å². The van der Waals surface area contributed by atoms with E-state index in [2.05, 4.69) is 0 Å². The maximum absolute atomic E-state index is 13.4. The van der Waals surface area contributed by atoms with E-state index in [4.69, 9.17) is 15.1 Å². The van der Waals surface area contributed by atoms with Gasteiger partial charge in [-0.3, -0.25) is 0 Å². The van der Waals surface area contributed by atoms with E-state index in [-0.39, 0.29) is 22.6 Å². The van der Waals surface area contributed by atoms with Gasteiger partial charge in [-0.15, -0.1) is 0 Å². The molecular weight excluding hydrogens is 252 g/mol. The molecule has 1 N–H and O–H groups in total. The smallest absolute Gasteiger partial charge is 0.144 e. The minimum atomic E-state index is -0.701. The van der Waals surface area contributed by atoms with Crippen LogP contribution in [0.3, 0.4) is 0 Å². The van der Waals surface area contributed by atoms with E-state index in [1.54, 1.807) is 6.07 Å². The summed E-state index contributed by atoms with van der Waals surface area (Å²) >= 11 is 0. The van der Waals surface area contributed by atoms with Crippen LogP contribution in [0.15, 0.2) is 36.4 Å². The van der Waals surface area contributed by atoms with E-state index in [0.717, 1.165) is 12.1 Å². The van der Waals surface area contributed by atoms with Crippen molar-refractivity contribution in [3.8, 4) is 17.6 Å². The predicted octanol–water partition coefficient (Wildman–Crippen LogP) is 3.12. The van der Waals surface area contributed by atoms with Crippen molar-refractivity contribution in [2.24, 2.45) is 0 Å². The van der Waals surface area contributed by atoms with Gasteiger partial charge in [0.05, 0.1) is 12.2 Å². The highest BCUT2D eigenvalue weighted by atomic mass is 19.1. The van der Waals surface area contributed by atoms with Crippen molar-refractivity contribution in [3.63, 3.8) is 0 Å². The first-order valence-electron chi connectivity index (χ1n) is 5.41. The highest BCUT2D eigenvalue weighted by Gasteiger charge is 2.08. The van der Waals surface area contributed by atoms with Crippen LogP contribution in [0.25, 0.3) is 0 Å². The van der Waals surface area contributed by atoms with Gasteiger partial charge in [0.2, 0.25) is 0 Å². The van der Waals surface area contributed by atoms with Crippen LogP contribution in [0.2, 0.25) is 0 Å². The van der Waals surface area contributed by atoms with E-state index in [0.29, 0.717) is 0 Å². The lowest BCUT2D eigenvalue weighted by molar-refractivity contribution is 0.275. The zero-order valence-electron chi connectivity index (χ0n) is 9.73. The molecule has 0 amide bonds. The largest absolute Gasteiger partial charge is 0.457 e. The van der Waals surface area contributed by atoms with Gasteiger partial charge in [-0.2, -0.15) is 5.26 Å². The Hall–Kier alpha value is -2.45. The van der Waals surface area contributed by atoms with Crippen LogP contribution in [0.1, 0.15) is 11.1 Å². The Morgan fingerprint density at radius 3 is 2.58 bits per heavy atom. The lowest BCUT2D eigenvalue weighted by atomic mass is 10.2. The molecule has 3 nitrogen and oxygen atoms in total. The molecule has 0 aromatic heterocycles. The minimum absolute atomic E-state index is 0.0890. The Morgan fingerprint density at radius 2 is 1.95 bits per heavy atom. The number of hydrogen-bond acceptors (Lipinski definition) is 3. The summed E-state index contributed by atoms with van der Waals surface area (Å²) in [6, 6.07) is 9.12. The van der Waals surface area contributed by atoms with Crippen molar-refractivity contribution in [2.75, 3.05) is 0 Å². The van der Waals surface area contributed by atoms with E-state index in [9.17, 15) is 8.78 Å². The first-order chi connectivity index (χ1) is 9.13. The Kier molecular flexibility index (Phi) is 3.74. The topological polar surface area (TPSA) is 53.2 Å². The predicted molar refractivity (Wildman–Crippen MR) is 63.5 cm³/mol. The SMILES string of the molecule is N#Cc1ccc(Oc2ccc(F)cc2CO)cc1F. The number of rotatable bonds is 3. The van der Waals surface area contributed by atoms with Crippen molar-refractivity contribution in [2.45, 2.75) is 6.61 Å². The zero-order valence-corrected chi connectivity index (χ0v) is 9.73. The molecule has 0 atom stereocenters. The molecule has 5 heteroatoms. The van der Waals surface area contributed by atoms with E-state index in [1.165, 1.54) is 24.3 Å². The fraction of sp³-hybridized carbons (Fsp3) is 0.0714. The Balaban J connectivity index is 2.31. The number of nitriles is 1. The highest BCUT2D eigenvalue weighted by molar-refractivity contribution is 5.41. The van der Waals surface area contributed by atoms with Crippen LogP contribution in [0.4, 0.5) is 8.78 Å². The molecule has 0 radical (unpaired) electrons. The third kappa shape index (κ3) is 2.87. The van der Waals surface area contributed by atoms with Gasteiger partial charge in [0, 0.05) is 11.6 Å². The summed E-state index contributed by atoms with van der Waals surface area (Å²) in [5, 5.41) is 17.7. The van der Waals surface area contributed by atoms with Crippen molar-refractivity contribution in [1.29, 1.82) is 5.26 Å². The normalized spacial score (nSPS) is 10.0. The number of hydrogen-bond donors (Lipinski definition) is 1. The number of nitrogens with zero attached hydrogens (tertiary/aromatic N) is 1. The monoisotopic (exact) mass is 261 g/mol. The summed E-state index contributed by atoms with van der Waals surface area (Å²) in [6.07, 6.45) is 0. The fourth-order valence-corrected chi connectivity index (χ4v) is 1.55. The maximum Gasteiger partial charge on any atom is 0.144 e. The van der Waals surface area contributed by atoms with E-state index in [1.807, 2.05) is 0 Å². The number of aliphatic hydroxyl groups is 1. The number of benzene rings is 2. The second kappa shape index (κ2) is 5.46. The van der Waals surface area contributed by atoms with Gasteiger partial charge >= 0.3 is 0 Å². The molecule has 0 fully saturated rings. The summed E-state index contributed by atoms with van der Waals surface area (Å²) in [4.78, 5) is 0. The highest BCUT2D eigenvalue weighted by Crippen LogP contribution is 2.27. The fourth-order valence-electron chi connectivity index (χ4n) is 1.55. The molecular formula is C14H9F2NO2. The first-order valence-corrected chi connectivity index (χ1v) is 5.41. The Bertz CT molecular complexity index is 650. The molecule has 0 heterocycles. The van der Waals surface area contributed by atoms with Gasteiger partial charge < -0.3 is 9.84 Å². The second-order valence-electron chi connectivity index (χ2n) is 3.77. The van der Waals surface area contributed by atoms with Crippen LogP contribution < -0.4 is 4.74 Å². The van der Waals surface area contributed by atoms with Gasteiger partial charge in [0.25, 0.3) is 0 Å². The molecule has 2 rings (SSSR count). The lowest BCUT2D eigenvalue weighted by Crippen LogP contribution is -1.94. The average Bonchev–Trinajstić information content (AvgIpc) is 2.41. The molecule has 19 heavy (non-hydrogen) atoms. The third-order valence-corrected chi connectivity index (χ3v) is 2.48. The maximum atomic E-state index is 13.4. The molecule has 96 valence electrons. The number of ether oxygens (including phenoxy) is 1. The average molecular weight is 261 g/mol. The van der Waals surface area contributed by atoms with Crippen LogP contribution in [0, 0.1) is 23.0 Å². The summed E-state index contributed by atoms with van der Waals surface area (Å²) in [5.74, 6) is -0.805. The lowest BCUT2D eigenvalue weighted by Gasteiger charge is -2.10. The number of halogens is 2. The van der Waals surface area contributed by atoms with Crippen LogP contribution in [-0.4, -0.2) is 5.11 Å². The third-order valence-electron chi connectivity index (χ3n) is 2.48. The first kappa shape index (κ1) is 13.0. The Morgan fingerprint density at radius 1 is 1.16 bits per heavy atom. The molecule has 0 saturated heterocycles. The van der Waals surface area contributed by atoms with Crippen molar-refractivity contribution in [1.82, 2.24) is 0 Å². The molecule has 0 bridgehead atoms. The van der Waals surface area contributed by atoms with Crippen molar-refractivity contribution >= 4 is 0 Å². The zero-order chi connectivity index (χ0) is 13.8. The number of aliphatic hydroxyl groups excluding tert-OH is 1.